The lowest BCUT2D eigenvalue weighted by atomic mass is 10.0. The van der Waals surface area contributed by atoms with Crippen LogP contribution in [0, 0.1) is 0 Å². The second-order valence-electron chi connectivity index (χ2n) is 9.00. The van der Waals surface area contributed by atoms with E-state index < -0.39 is 0 Å². The predicted octanol–water partition coefficient (Wildman–Crippen LogP) is 7.36. The Bertz CT molecular complexity index is 766. The topological polar surface area (TPSA) is 68.2 Å². The Morgan fingerprint density at radius 1 is 0.871 bits per heavy atom. The SMILES string of the molecule is CCCCCCCCCCCCCCCCC(=O)n1cc(CCN)c2cc(O)ccc21. The number of fused-ring (bicyclic) bond motifs is 1. The van der Waals surface area contributed by atoms with Gasteiger partial charge in [0.25, 0.3) is 0 Å². The van der Waals surface area contributed by atoms with Crippen molar-refractivity contribution in [2.75, 3.05) is 6.54 Å². The van der Waals surface area contributed by atoms with Crippen LogP contribution in [-0.4, -0.2) is 22.1 Å². The maximum absolute atomic E-state index is 12.7. The zero-order chi connectivity index (χ0) is 22.3. The van der Waals surface area contributed by atoms with E-state index >= 15 is 0 Å². The molecule has 0 amide bonds. The maximum Gasteiger partial charge on any atom is 0.231 e. The highest BCUT2D eigenvalue weighted by Crippen LogP contribution is 2.26. The standard InChI is InChI=1S/C27H44N2O2/c1-2-3-4-5-6-7-8-9-10-11-12-13-14-15-16-27(31)29-22-23(19-20-28)25-21-24(30)17-18-26(25)29/h17-18,21-22,30H,2-16,19-20,28H2,1H3. The third-order valence-corrected chi connectivity index (χ3v) is 6.30. The van der Waals surface area contributed by atoms with Gasteiger partial charge in [-0.05, 0) is 43.1 Å². The fourth-order valence-electron chi connectivity index (χ4n) is 4.44. The minimum absolute atomic E-state index is 0.137. The van der Waals surface area contributed by atoms with Crippen molar-refractivity contribution in [1.29, 1.82) is 0 Å². The van der Waals surface area contributed by atoms with Gasteiger partial charge in [0.1, 0.15) is 5.75 Å². The van der Waals surface area contributed by atoms with Crippen molar-refractivity contribution in [2.45, 2.75) is 110 Å². The quantitative estimate of drug-likeness (QED) is 0.259. The van der Waals surface area contributed by atoms with E-state index in [9.17, 15) is 9.90 Å². The average Bonchev–Trinajstić information content (AvgIpc) is 3.12. The Kier molecular flexibility index (Phi) is 12.4. The zero-order valence-corrected chi connectivity index (χ0v) is 19.7. The van der Waals surface area contributed by atoms with E-state index in [0.717, 1.165) is 29.3 Å². The van der Waals surface area contributed by atoms with Crippen LogP contribution >= 0.6 is 0 Å². The summed E-state index contributed by atoms with van der Waals surface area (Å²) in [6.07, 6.45) is 21.6. The summed E-state index contributed by atoms with van der Waals surface area (Å²) in [6, 6.07) is 5.20. The zero-order valence-electron chi connectivity index (χ0n) is 19.7. The summed E-state index contributed by atoms with van der Waals surface area (Å²) in [6.45, 7) is 2.80. The summed E-state index contributed by atoms with van der Waals surface area (Å²) in [5, 5.41) is 10.7. The fourth-order valence-corrected chi connectivity index (χ4v) is 4.44. The van der Waals surface area contributed by atoms with Crippen LogP contribution < -0.4 is 5.73 Å². The molecule has 1 aromatic carbocycles. The smallest absolute Gasteiger partial charge is 0.231 e. The number of rotatable bonds is 17. The molecule has 0 saturated carbocycles. The number of nitrogens with two attached hydrogens (primary N) is 1. The maximum atomic E-state index is 12.7. The Hall–Kier alpha value is -1.81. The molecule has 0 atom stereocenters. The first kappa shape index (κ1) is 25.5. The van der Waals surface area contributed by atoms with Crippen molar-refractivity contribution in [1.82, 2.24) is 4.57 Å². The molecule has 0 radical (unpaired) electrons. The van der Waals surface area contributed by atoms with Gasteiger partial charge in [-0.2, -0.15) is 0 Å². The van der Waals surface area contributed by atoms with Crippen molar-refractivity contribution < 1.29 is 9.90 Å². The van der Waals surface area contributed by atoms with Gasteiger partial charge >= 0.3 is 0 Å². The number of unbranched alkanes of at least 4 members (excludes halogenated alkanes) is 13. The van der Waals surface area contributed by atoms with E-state index in [2.05, 4.69) is 6.92 Å². The Balaban J connectivity index is 1.58. The Labute approximate surface area is 189 Å². The lowest BCUT2D eigenvalue weighted by Crippen LogP contribution is -2.09. The Morgan fingerprint density at radius 2 is 1.42 bits per heavy atom. The molecule has 0 aliphatic carbocycles. The molecule has 1 heterocycles. The molecule has 0 fully saturated rings. The van der Waals surface area contributed by atoms with E-state index in [0.29, 0.717) is 19.4 Å². The third kappa shape index (κ3) is 9.06. The van der Waals surface area contributed by atoms with Crippen molar-refractivity contribution in [2.24, 2.45) is 5.73 Å². The molecule has 174 valence electrons. The lowest BCUT2D eigenvalue weighted by Gasteiger charge is -2.05. The molecule has 4 nitrogen and oxygen atoms in total. The van der Waals surface area contributed by atoms with Crippen molar-refractivity contribution in [3.8, 4) is 5.75 Å². The van der Waals surface area contributed by atoms with Gasteiger partial charge in [0.05, 0.1) is 5.52 Å². The van der Waals surface area contributed by atoms with Crippen LogP contribution in [0.3, 0.4) is 0 Å². The van der Waals surface area contributed by atoms with Crippen LogP contribution in [0.5, 0.6) is 5.75 Å². The van der Waals surface area contributed by atoms with E-state index in [1.165, 1.54) is 77.0 Å². The van der Waals surface area contributed by atoms with E-state index in [1.807, 2.05) is 12.3 Å². The van der Waals surface area contributed by atoms with Crippen molar-refractivity contribution in [3.63, 3.8) is 0 Å². The summed E-state index contributed by atoms with van der Waals surface area (Å²) in [5.41, 5.74) is 7.61. The van der Waals surface area contributed by atoms with Crippen LogP contribution in [0.25, 0.3) is 10.9 Å². The number of aromatic nitrogens is 1. The van der Waals surface area contributed by atoms with Gasteiger partial charge < -0.3 is 10.8 Å². The van der Waals surface area contributed by atoms with Gasteiger partial charge in [-0.25, -0.2) is 0 Å². The number of hydrogen-bond donors (Lipinski definition) is 2. The number of aromatic hydroxyl groups is 1. The number of phenolic OH excluding ortho intramolecular Hbond substituents is 1. The molecule has 0 aliphatic rings. The number of hydrogen-bond acceptors (Lipinski definition) is 3. The molecule has 31 heavy (non-hydrogen) atoms. The lowest BCUT2D eigenvalue weighted by molar-refractivity contribution is 0.0904. The molecule has 2 aromatic rings. The minimum atomic E-state index is 0.137. The van der Waals surface area contributed by atoms with Crippen LogP contribution in [0.15, 0.2) is 24.4 Å². The van der Waals surface area contributed by atoms with Gasteiger partial charge in [0.2, 0.25) is 5.91 Å². The highest BCUT2D eigenvalue weighted by molar-refractivity contribution is 5.95. The highest BCUT2D eigenvalue weighted by Gasteiger charge is 2.13. The second kappa shape index (κ2) is 15.1. The molecule has 0 aliphatic heterocycles. The largest absolute Gasteiger partial charge is 0.508 e. The molecule has 0 unspecified atom stereocenters. The number of carbonyl (C=O) groups is 1. The first-order chi connectivity index (χ1) is 15.2. The normalized spacial score (nSPS) is 11.4. The van der Waals surface area contributed by atoms with Crippen LogP contribution in [-0.2, 0) is 6.42 Å². The van der Waals surface area contributed by atoms with Crippen LogP contribution in [0.4, 0.5) is 0 Å². The molecule has 3 N–H and O–H groups in total. The molecular weight excluding hydrogens is 384 g/mol. The summed E-state index contributed by atoms with van der Waals surface area (Å²) in [4.78, 5) is 12.7. The predicted molar refractivity (Wildman–Crippen MR) is 132 cm³/mol. The summed E-state index contributed by atoms with van der Waals surface area (Å²) >= 11 is 0. The van der Waals surface area contributed by atoms with Gasteiger partial charge in [0, 0.05) is 18.0 Å². The number of benzene rings is 1. The molecular formula is C27H44N2O2. The van der Waals surface area contributed by atoms with Crippen LogP contribution in [0.1, 0.15) is 114 Å². The van der Waals surface area contributed by atoms with Crippen LogP contribution in [0.2, 0.25) is 0 Å². The molecule has 0 spiro atoms. The van der Waals surface area contributed by atoms with Gasteiger partial charge in [-0.1, -0.05) is 90.4 Å². The average molecular weight is 429 g/mol. The number of carbonyl (C=O) groups excluding carboxylic acids is 1. The summed E-state index contributed by atoms with van der Waals surface area (Å²) < 4.78 is 1.75. The highest BCUT2D eigenvalue weighted by atomic mass is 16.3. The van der Waals surface area contributed by atoms with Gasteiger partial charge in [0.15, 0.2) is 0 Å². The third-order valence-electron chi connectivity index (χ3n) is 6.30. The van der Waals surface area contributed by atoms with E-state index in [-0.39, 0.29) is 11.7 Å². The summed E-state index contributed by atoms with van der Waals surface area (Å²) in [5.74, 6) is 0.362. The molecule has 1 aromatic heterocycles. The first-order valence-electron chi connectivity index (χ1n) is 12.7. The molecule has 4 heteroatoms. The van der Waals surface area contributed by atoms with Crippen molar-refractivity contribution >= 4 is 16.8 Å². The van der Waals surface area contributed by atoms with Crippen molar-refractivity contribution in [3.05, 3.63) is 30.0 Å². The van der Waals surface area contributed by atoms with E-state index in [1.54, 1.807) is 16.7 Å². The fraction of sp³-hybridized carbons (Fsp3) is 0.667. The molecule has 2 rings (SSSR count). The number of phenols is 1. The second-order valence-corrected chi connectivity index (χ2v) is 9.00. The van der Waals surface area contributed by atoms with Gasteiger partial charge in [-0.3, -0.25) is 9.36 Å². The van der Waals surface area contributed by atoms with Gasteiger partial charge in [-0.15, -0.1) is 0 Å². The molecule has 0 saturated heterocycles. The first-order valence-corrected chi connectivity index (χ1v) is 12.7. The van der Waals surface area contributed by atoms with E-state index in [4.69, 9.17) is 5.73 Å². The monoisotopic (exact) mass is 428 g/mol. The Morgan fingerprint density at radius 3 is 1.97 bits per heavy atom. The molecule has 0 bridgehead atoms. The summed E-state index contributed by atoms with van der Waals surface area (Å²) in [7, 11) is 0. The minimum Gasteiger partial charge on any atom is -0.508 e. The number of nitrogens with zero attached hydrogens (tertiary/aromatic N) is 1.